The van der Waals surface area contributed by atoms with Crippen molar-refractivity contribution in [3.63, 3.8) is 0 Å². The second-order valence-corrected chi connectivity index (χ2v) is 5.77. The molecule has 0 amide bonds. The molecule has 0 unspecified atom stereocenters. The van der Waals surface area contributed by atoms with E-state index in [1.807, 2.05) is 18.8 Å². The first-order valence-corrected chi connectivity index (χ1v) is 7.32. The summed E-state index contributed by atoms with van der Waals surface area (Å²) in [6.07, 6.45) is 4.13. The van der Waals surface area contributed by atoms with Crippen LogP contribution in [-0.4, -0.2) is 43.0 Å². The van der Waals surface area contributed by atoms with Gasteiger partial charge in [0.1, 0.15) is 6.33 Å². The van der Waals surface area contributed by atoms with Crippen LogP contribution in [0.15, 0.2) is 6.33 Å². The van der Waals surface area contributed by atoms with Gasteiger partial charge in [-0.1, -0.05) is 5.21 Å². The molecule has 96 valence electrons. The lowest BCUT2D eigenvalue weighted by atomic mass is 10.0. The Kier molecular flexibility index (Phi) is 3.31. The highest BCUT2D eigenvalue weighted by Crippen LogP contribution is 2.23. The molecule has 1 aliphatic rings. The zero-order valence-electron chi connectivity index (χ0n) is 10.3. The summed E-state index contributed by atoms with van der Waals surface area (Å²) in [7, 11) is 1.84. The van der Waals surface area contributed by atoms with Crippen molar-refractivity contribution in [3.8, 4) is 0 Å². The highest BCUT2D eigenvalue weighted by Gasteiger charge is 2.15. The van der Waals surface area contributed by atoms with Crippen LogP contribution in [0.4, 0.5) is 5.82 Å². The minimum atomic E-state index is 0.743. The van der Waals surface area contributed by atoms with E-state index in [-0.39, 0.29) is 0 Å². The summed E-state index contributed by atoms with van der Waals surface area (Å²) in [5, 5.41) is 11.5. The first-order valence-electron chi connectivity index (χ1n) is 6.16. The van der Waals surface area contributed by atoms with Crippen molar-refractivity contribution < 1.29 is 0 Å². The number of hydrogen-bond donors (Lipinski definition) is 1. The summed E-state index contributed by atoms with van der Waals surface area (Å²) in [5.74, 6) is 4.09. The van der Waals surface area contributed by atoms with E-state index < -0.39 is 0 Å². The third-order valence-electron chi connectivity index (χ3n) is 3.29. The summed E-state index contributed by atoms with van der Waals surface area (Å²) < 4.78 is 1.67. The molecule has 1 aliphatic heterocycles. The molecule has 1 saturated heterocycles. The average molecular weight is 264 g/mol. The van der Waals surface area contributed by atoms with Crippen LogP contribution in [0, 0.1) is 5.92 Å². The second-order valence-electron chi connectivity index (χ2n) is 4.54. The molecular formula is C11H16N6S. The SMILES string of the molecule is Cn1nnc2c(NCC3CCSCC3)ncnc21. The molecule has 0 atom stereocenters. The molecule has 0 aliphatic carbocycles. The second kappa shape index (κ2) is 5.09. The molecule has 2 aromatic heterocycles. The van der Waals surface area contributed by atoms with E-state index in [9.17, 15) is 0 Å². The Morgan fingerprint density at radius 3 is 3.06 bits per heavy atom. The van der Waals surface area contributed by atoms with Crippen molar-refractivity contribution in [2.45, 2.75) is 12.8 Å². The van der Waals surface area contributed by atoms with E-state index in [1.165, 1.54) is 24.3 Å². The van der Waals surface area contributed by atoms with Gasteiger partial charge in [-0.2, -0.15) is 11.8 Å². The summed E-state index contributed by atoms with van der Waals surface area (Å²) in [6, 6.07) is 0. The Bertz CT molecular complexity index is 533. The Balaban J connectivity index is 1.74. The smallest absolute Gasteiger partial charge is 0.183 e. The van der Waals surface area contributed by atoms with E-state index in [0.29, 0.717) is 0 Å². The first kappa shape index (κ1) is 11.7. The quantitative estimate of drug-likeness (QED) is 0.901. The maximum atomic E-state index is 4.26. The minimum absolute atomic E-state index is 0.743. The van der Waals surface area contributed by atoms with Gasteiger partial charge in [0.25, 0.3) is 0 Å². The largest absolute Gasteiger partial charge is 0.368 e. The highest BCUT2D eigenvalue weighted by molar-refractivity contribution is 7.99. The van der Waals surface area contributed by atoms with Crippen LogP contribution in [-0.2, 0) is 7.05 Å². The molecule has 3 rings (SSSR count). The molecule has 3 heterocycles. The summed E-state index contributed by atoms with van der Waals surface area (Å²) in [5.41, 5.74) is 1.52. The normalized spacial score (nSPS) is 17.2. The van der Waals surface area contributed by atoms with Gasteiger partial charge in [-0.25, -0.2) is 14.6 Å². The van der Waals surface area contributed by atoms with Gasteiger partial charge >= 0.3 is 0 Å². The molecule has 6 nitrogen and oxygen atoms in total. The van der Waals surface area contributed by atoms with Crippen molar-refractivity contribution in [1.82, 2.24) is 25.0 Å². The molecular weight excluding hydrogens is 248 g/mol. The van der Waals surface area contributed by atoms with Gasteiger partial charge in [0.2, 0.25) is 0 Å². The average Bonchev–Trinajstić information content (AvgIpc) is 2.80. The molecule has 18 heavy (non-hydrogen) atoms. The molecule has 1 fully saturated rings. The van der Waals surface area contributed by atoms with Crippen molar-refractivity contribution in [1.29, 1.82) is 0 Å². The topological polar surface area (TPSA) is 68.5 Å². The standard InChI is InChI=1S/C11H16N6S/c1-17-11-9(15-16-17)10(13-7-14-11)12-6-8-2-4-18-5-3-8/h7-8H,2-6H2,1H3,(H,12,13,14). The van der Waals surface area contributed by atoms with Crippen molar-refractivity contribution in [3.05, 3.63) is 6.33 Å². The predicted molar refractivity (Wildman–Crippen MR) is 72.6 cm³/mol. The lowest BCUT2D eigenvalue weighted by Gasteiger charge is -2.21. The molecule has 0 bridgehead atoms. The van der Waals surface area contributed by atoms with E-state index in [2.05, 4.69) is 25.6 Å². The lowest BCUT2D eigenvalue weighted by Crippen LogP contribution is -2.19. The third kappa shape index (κ3) is 2.27. The third-order valence-corrected chi connectivity index (χ3v) is 4.34. The predicted octanol–water partition coefficient (Wildman–Crippen LogP) is 1.31. The number of fused-ring (bicyclic) bond motifs is 1. The molecule has 0 saturated carbocycles. The monoisotopic (exact) mass is 264 g/mol. The van der Waals surface area contributed by atoms with Gasteiger partial charge in [0.05, 0.1) is 0 Å². The van der Waals surface area contributed by atoms with E-state index >= 15 is 0 Å². The number of aromatic nitrogens is 5. The number of aryl methyl sites for hydroxylation is 1. The van der Waals surface area contributed by atoms with Crippen LogP contribution >= 0.6 is 11.8 Å². The molecule has 0 radical (unpaired) electrons. The summed E-state index contributed by atoms with van der Waals surface area (Å²) >= 11 is 2.05. The lowest BCUT2D eigenvalue weighted by molar-refractivity contribution is 0.515. The number of nitrogens with one attached hydrogen (secondary N) is 1. The maximum Gasteiger partial charge on any atom is 0.183 e. The van der Waals surface area contributed by atoms with Crippen LogP contribution in [0.1, 0.15) is 12.8 Å². The van der Waals surface area contributed by atoms with Crippen molar-refractivity contribution in [2.24, 2.45) is 13.0 Å². The number of hydrogen-bond acceptors (Lipinski definition) is 6. The molecule has 2 aromatic rings. The van der Waals surface area contributed by atoms with E-state index in [1.54, 1.807) is 11.0 Å². The van der Waals surface area contributed by atoms with Gasteiger partial charge in [-0.05, 0) is 30.3 Å². The molecule has 0 aromatic carbocycles. The zero-order valence-corrected chi connectivity index (χ0v) is 11.2. The number of nitrogens with zero attached hydrogens (tertiary/aromatic N) is 5. The van der Waals surface area contributed by atoms with Crippen molar-refractivity contribution >= 4 is 28.7 Å². The highest BCUT2D eigenvalue weighted by atomic mass is 32.2. The summed E-state index contributed by atoms with van der Waals surface area (Å²) in [6.45, 7) is 0.962. The molecule has 0 spiro atoms. The Labute approximate surface area is 110 Å². The Morgan fingerprint density at radius 2 is 2.22 bits per heavy atom. The van der Waals surface area contributed by atoms with Crippen LogP contribution in [0.2, 0.25) is 0 Å². The molecule has 7 heteroatoms. The van der Waals surface area contributed by atoms with Gasteiger partial charge in [-0.3, -0.25) is 0 Å². The number of anilines is 1. The van der Waals surface area contributed by atoms with E-state index in [4.69, 9.17) is 0 Å². The van der Waals surface area contributed by atoms with Gasteiger partial charge < -0.3 is 5.32 Å². The van der Waals surface area contributed by atoms with Crippen molar-refractivity contribution in [2.75, 3.05) is 23.4 Å². The van der Waals surface area contributed by atoms with Crippen LogP contribution in [0.5, 0.6) is 0 Å². The van der Waals surface area contributed by atoms with Crippen LogP contribution in [0.3, 0.4) is 0 Å². The fraction of sp³-hybridized carbons (Fsp3) is 0.636. The van der Waals surface area contributed by atoms with Gasteiger partial charge in [0.15, 0.2) is 17.0 Å². The van der Waals surface area contributed by atoms with Gasteiger partial charge in [-0.15, -0.1) is 5.10 Å². The maximum absolute atomic E-state index is 4.26. The Hall–Kier alpha value is -1.37. The number of thioether (sulfide) groups is 1. The number of rotatable bonds is 3. The fourth-order valence-electron chi connectivity index (χ4n) is 2.17. The van der Waals surface area contributed by atoms with Crippen LogP contribution < -0.4 is 5.32 Å². The van der Waals surface area contributed by atoms with Crippen LogP contribution in [0.25, 0.3) is 11.2 Å². The first-order chi connectivity index (χ1) is 8.84. The molecule has 1 N–H and O–H groups in total. The minimum Gasteiger partial charge on any atom is -0.368 e. The fourth-order valence-corrected chi connectivity index (χ4v) is 3.38. The Morgan fingerprint density at radius 1 is 1.39 bits per heavy atom. The zero-order chi connectivity index (χ0) is 12.4. The van der Waals surface area contributed by atoms with Gasteiger partial charge in [0, 0.05) is 13.6 Å². The van der Waals surface area contributed by atoms with E-state index in [0.717, 1.165) is 29.4 Å². The summed E-state index contributed by atoms with van der Waals surface area (Å²) in [4.78, 5) is 8.44.